The van der Waals surface area contributed by atoms with Gasteiger partial charge in [0, 0.05) is 24.8 Å². The molecule has 0 unspecified atom stereocenters. The first kappa shape index (κ1) is 20.9. The van der Waals surface area contributed by atoms with Gasteiger partial charge in [-0.3, -0.25) is 4.79 Å². The third-order valence-electron chi connectivity index (χ3n) is 5.20. The smallest absolute Gasteiger partial charge is 0.162 e. The Kier molecular flexibility index (Phi) is 6.83. The third kappa shape index (κ3) is 5.29. The van der Waals surface area contributed by atoms with E-state index in [0.29, 0.717) is 6.42 Å². The highest BCUT2D eigenvalue weighted by Crippen LogP contribution is 2.37. The van der Waals surface area contributed by atoms with Crippen molar-refractivity contribution in [1.29, 1.82) is 0 Å². The lowest BCUT2D eigenvalue weighted by molar-refractivity contribution is -0.118. The van der Waals surface area contributed by atoms with Crippen LogP contribution in [-0.2, 0) is 9.53 Å². The van der Waals surface area contributed by atoms with Gasteiger partial charge in [0.05, 0.1) is 17.8 Å². The average molecular weight is 364 g/mol. The molecule has 4 atom stereocenters. The molecule has 3 N–H and O–H groups in total. The van der Waals surface area contributed by atoms with Crippen LogP contribution in [0, 0.1) is 0 Å². The van der Waals surface area contributed by atoms with Gasteiger partial charge in [0.15, 0.2) is 5.78 Å². The number of Topliss-reactive ketones (excluding diaryl/α,β-unsaturated/α-hetero) is 1. The molecule has 1 saturated heterocycles. The third-order valence-corrected chi connectivity index (χ3v) is 5.20. The molecule has 0 amide bonds. The summed E-state index contributed by atoms with van der Waals surface area (Å²) in [5, 5.41) is 30.5. The second kappa shape index (κ2) is 8.51. The molecular weight excluding hydrogens is 332 g/mol. The highest BCUT2D eigenvalue weighted by molar-refractivity contribution is 5.96. The zero-order chi connectivity index (χ0) is 19.5. The number of carbonyl (C=O) groups is 1. The molecule has 5 nitrogen and oxygen atoms in total. The number of carbonyl (C=O) groups excluding carboxylic acids is 1. The molecule has 0 spiro atoms. The lowest BCUT2D eigenvalue weighted by Crippen LogP contribution is -2.36. The van der Waals surface area contributed by atoms with Crippen LogP contribution in [-0.4, -0.2) is 45.0 Å². The minimum atomic E-state index is -1.09. The summed E-state index contributed by atoms with van der Waals surface area (Å²) in [4.78, 5) is 12.1. The fourth-order valence-electron chi connectivity index (χ4n) is 3.60. The molecule has 2 aliphatic rings. The Labute approximate surface area is 156 Å². The van der Waals surface area contributed by atoms with Gasteiger partial charge in [-0.2, -0.15) is 0 Å². The molecule has 1 aliphatic carbocycles. The lowest BCUT2D eigenvalue weighted by Gasteiger charge is -2.27. The zero-order valence-electron chi connectivity index (χ0n) is 16.3. The van der Waals surface area contributed by atoms with Crippen LogP contribution in [0.25, 0.3) is 0 Å². The maximum atomic E-state index is 12.1. The van der Waals surface area contributed by atoms with E-state index >= 15 is 0 Å². The van der Waals surface area contributed by atoms with E-state index in [0.717, 1.165) is 12.8 Å². The molecule has 146 valence electrons. The SMILES string of the molecule is CC(C)=CCCC(C)=C[C@H]1C[C@](C)(O)[C@@H](CC2=C(O)[C@H](O)CCC2=O)O1. The molecule has 1 aliphatic heterocycles. The number of rotatable bonds is 6. The second-order valence-electron chi connectivity index (χ2n) is 8.10. The Morgan fingerprint density at radius 1 is 1.35 bits per heavy atom. The number of hydrogen-bond acceptors (Lipinski definition) is 5. The minimum Gasteiger partial charge on any atom is -0.509 e. The van der Waals surface area contributed by atoms with Gasteiger partial charge in [0.1, 0.15) is 11.9 Å². The van der Waals surface area contributed by atoms with Crippen molar-refractivity contribution in [2.45, 2.75) is 90.1 Å². The molecule has 5 heteroatoms. The molecule has 2 rings (SSSR count). The standard InChI is InChI=1S/C21H32O5/c1-13(2)6-5-7-14(3)10-15-12-21(4,25)19(26-15)11-16-17(22)8-9-18(23)20(16)24/h6,10,15,18-19,23-25H,5,7-9,11-12H2,1-4H3/t15-,18+,19+,21-/m0/s1. The van der Waals surface area contributed by atoms with E-state index in [1.807, 2.05) is 6.08 Å². The first-order valence-corrected chi connectivity index (χ1v) is 9.42. The van der Waals surface area contributed by atoms with Crippen molar-refractivity contribution in [1.82, 2.24) is 0 Å². The van der Waals surface area contributed by atoms with Gasteiger partial charge < -0.3 is 20.1 Å². The van der Waals surface area contributed by atoms with Crippen molar-refractivity contribution in [3.05, 3.63) is 34.6 Å². The van der Waals surface area contributed by atoms with E-state index in [2.05, 4.69) is 26.8 Å². The first-order chi connectivity index (χ1) is 12.1. The van der Waals surface area contributed by atoms with Crippen molar-refractivity contribution in [2.75, 3.05) is 0 Å². The van der Waals surface area contributed by atoms with Crippen molar-refractivity contribution in [3.8, 4) is 0 Å². The summed E-state index contributed by atoms with van der Waals surface area (Å²) in [6, 6.07) is 0. The van der Waals surface area contributed by atoms with Crippen LogP contribution in [0.3, 0.4) is 0 Å². The van der Waals surface area contributed by atoms with Gasteiger partial charge in [0.25, 0.3) is 0 Å². The number of ether oxygens (including phenoxy) is 1. The Balaban J connectivity index is 2.04. The maximum Gasteiger partial charge on any atom is 0.162 e. The predicted molar refractivity (Wildman–Crippen MR) is 101 cm³/mol. The van der Waals surface area contributed by atoms with E-state index in [1.54, 1.807) is 6.92 Å². The fourth-order valence-corrected chi connectivity index (χ4v) is 3.60. The molecule has 0 bridgehead atoms. The summed E-state index contributed by atoms with van der Waals surface area (Å²) in [6.45, 7) is 7.91. The summed E-state index contributed by atoms with van der Waals surface area (Å²) in [7, 11) is 0. The van der Waals surface area contributed by atoms with Crippen molar-refractivity contribution >= 4 is 5.78 Å². The van der Waals surface area contributed by atoms with Crippen molar-refractivity contribution < 1.29 is 24.9 Å². The largest absolute Gasteiger partial charge is 0.509 e. The molecule has 1 heterocycles. The fraction of sp³-hybridized carbons (Fsp3) is 0.667. The predicted octanol–water partition coefficient (Wildman–Crippen LogP) is 3.51. The Bertz CT molecular complexity index is 622. The van der Waals surface area contributed by atoms with Gasteiger partial charge in [-0.05, 0) is 47.0 Å². The van der Waals surface area contributed by atoms with Gasteiger partial charge >= 0.3 is 0 Å². The lowest BCUT2D eigenvalue weighted by atomic mass is 9.85. The first-order valence-electron chi connectivity index (χ1n) is 9.42. The number of hydrogen-bond donors (Lipinski definition) is 3. The van der Waals surface area contributed by atoms with Gasteiger partial charge in [-0.25, -0.2) is 0 Å². The quantitative estimate of drug-likeness (QED) is 0.628. The molecule has 0 radical (unpaired) electrons. The topological polar surface area (TPSA) is 87.0 Å². The van der Waals surface area contributed by atoms with Crippen LogP contribution in [0.15, 0.2) is 34.6 Å². The van der Waals surface area contributed by atoms with E-state index in [-0.39, 0.29) is 42.5 Å². The molecule has 0 saturated carbocycles. The van der Waals surface area contributed by atoms with Crippen LogP contribution >= 0.6 is 0 Å². The number of aliphatic hydroxyl groups is 3. The monoisotopic (exact) mass is 364 g/mol. The normalized spacial score (nSPS) is 32.9. The number of ketones is 1. The van der Waals surface area contributed by atoms with Crippen LogP contribution in [0.5, 0.6) is 0 Å². The second-order valence-corrected chi connectivity index (χ2v) is 8.10. The summed E-state index contributed by atoms with van der Waals surface area (Å²) in [5.41, 5.74) is 1.61. The van der Waals surface area contributed by atoms with Gasteiger partial charge in [-0.15, -0.1) is 0 Å². The minimum absolute atomic E-state index is 0.121. The van der Waals surface area contributed by atoms with Crippen LogP contribution in [0.1, 0.15) is 66.2 Å². The Hall–Kier alpha value is -1.43. The van der Waals surface area contributed by atoms with E-state index < -0.39 is 17.8 Å². The molecule has 26 heavy (non-hydrogen) atoms. The van der Waals surface area contributed by atoms with Crippen LogP contribution in [0.2, 0.25) is 0 Å². The van der Waals surface area contributed by atoms with Gasteiger partial charge in [0.2, 0.25) is 0 Å². The van der Waals surface area contributed by atoms with E-state index in [4.69, 9.17) is 4.74 Å². The summed E-state index contributed by atoms with van der Waals surface area (Å²) in [5.74, 6) is -0.443. The highest BCUT2D eigenvalue weighted by atomic mass is 16.5. The number of aliphatic hydroxyl groups excluding tert-OH is 2. The molecular formula is C21H32O5. The van der Waals surface area contributed by atoms with E-state index in [1.165, 1.54) is 11.1 Å². The molecule has 0 aromatic rings. The average Bonchev–Trinajstić information content (AvgIpc) is 2.80. The van der Waals surface area contributed by atoms with Crippen LogP contribution < -0.4 is 0 Å². The van der Waals surface area contributed by atoms with E-state index in [9.17, 15) is 20.1 Å². The Morgan fingerprint density at radius 2 is 2.04 bits per heavy atom. The summed E-state index contributed by atoms with van der Waals surface area (Å²) in [6.07, 6.45) is 5.38. The molecule has 0 aromatic carbocycles. The zero-order valence-corrected chi connectivity index (χ0v) is 16.3. The number of allylic oxidation sites excluding steroid dienone is 3. The highest BCUT2D eigenvalue weighted by Gasteiger charge is 2.44. The summed E-state index contributed by atoms with van der Waals surface area (Å²) >= 11 is 0. The Morgan fingerprint density at radius 3 is 2.69 bits per heavy atom. The molecule has 0 aromatic heterocycles. The van der Waals surface area contributed by atoms with Crippen molar-refractivity contribution in [3.63, 3.8) is 0 Å². The molecule has 1 fully saturated rings. The summed E-state index contributed by atoms with van der Waals surface area (Å²) < 4.78 is 5.99. The van der Waals surface area contributed by atoms with Gasteiger partial charge in [-0.1, -0.05) is 23.3 Å². The van der Waals surface area contributed by atoms with Crippen LogP contribution in [0.4, 0.5) is 0 Å². The van der Waals surface area contributed by atoms with Crippen molar-refractivity contribution in [2.24, 2.45) is 0 Å². The maximum absolute atomic E-state index is 12.1.